The zero-order valence-electron chi connectivity index (χ0n) is 12.0. The third-order valence-corrected chi connectivity index (χ3v) is 3.94. The van der Waals surface area contributed by atoms with Crippen LogP contribution in [0, 0.1) is 0 Å². The molecule has 0 aromatic carbocycles. The number of aromatic carboxylic acids is 1. The highest BCUT2D eigenvalue weighted by molar-refractivity contribution is 5.88. The first-order chi connectivity index (χ1) is 9.46. The van der Waals surface area contributed by atoms with E-state index in [-0.39, 0.29) is 23.6 Å². The zero-order valence-corrected chi connectivity index (χ0v) is 12.0. The van der Waals surface area contributed by atoms with Gasteiger partial charge in [-0.3, -0.25) is 0 Å². The molecule has 1 heterocycles. The highest BCUT2D eigenvalue weighted by Gasteiger charge is 2.33. The van der Waals surface area contributed by atoms with Crippen LogP contribution in [-0.2, 0) is 0 Å². The summed E-state index contributed by atoms with van der Waals surface area (Å²) >= 11 is 0. The number of anilines is 1. The minimum atomic E-state index is -0.957. The number of nitrogens with one attached hydrogen (secondary N) is 1. The quantitative estimate of drug-likeness (QED) is 0.771. The van der Waals surface area contributed by atoms with Gasteiger partial charge in [0.15, 0.2) is 0 Å². The van der Waals surface area contributed by atoms with Crippen molar-refractivity contribution in [2.24, 2.45) is 0 Å². The first-order valence-corrected chi connectivity index (χ1v) is 7.10. The molecule has 5 nitrogen and oxygen atoms in total. The topological polar surface area (TPSA) is 82.5 Å². The van der Waals surface area contributed by atoms with Gasteiger partial charge in [-0.25, -0.2) is 9.78 Å². The summed E-state index contributed by atoms with van der Waals surface area (Å²) in [5.74, 6) is -0.255. The Morgan fingerprint density at radius 3 is 2.55 bits per heavy atom. The van der Waals surface area contributed by atoms with E-state index < -0.39 is 5.97 Å². The van der Waals surface area contributed by atoms with Crippen molar-refractivity contribution in [2.45, 2.75) is 51.0 Å². The van der Waals surface area contributed by atoms with Crippen molar-refractivity contribution >= 4 is 11.8 Å². The van der Waals surface area contributed by atoms with E-state index in [4.69, 9.17) is 0 Å². The van der Waals surface area contributed by atoms with E-state index in [0.29, 0.717) is 5.82 Å². The summed E-state index contributed by atoms with van der Waals surface area (Å²) in [4.78, 5) is 15.7. The van der Waals surface area contributed by atoms with E-state index in [1.807, 2.05) is 13.8 Å². The van der Waals surface area contributed by atoms with Gasteiger partial charge in [-0.15, -0.1) is 0 Å². The Kier molecular flexibility index (Phi) is 4.28. The number of carboxylic acid groups (broad SMARTS) is 1. The summed E-state index contributed by atoms with van der Waals surface area (Å²) < 4.78 is 0. The lowest BCUT2D eigenvalue weighted by Gasteiger charge is -2.29. The lowest BCUT2D eigenvalue weighted by atomic mass is 9.98. The second-order valence-electron chi connectivity index (χ2n) is 5.90. The third-order valence-electron chi connectivity index (χ3n) is 3.94. The molecule has 0 aliphatic heterocycles. The van der Waals surface area contributed by atoms with E-state index in [0.717, 1.165) is 31.4 Å². The molecule has 0 unspecified atom stereocenters. The van der Waals surface area contributed by atoms with E-state index in [2.05, 4.69) is 10.3 Å². The van der Waals surface area contributed by atoms with Gasteiger partial charge < -0.3 is 15.5 Å². The Balaban J connectivity index is 2.32. The number of rotatable bonds is 5. The maximum atomic E-state index is 11.2. The first kappa shape index (κ1) is 14.8. The van der Waals surface area contributed by atoms with Crippen LogP contribution in [-0.4, -0.2) is 33.3 Å². The molecule has 1 aromatic heterocycles. The van der Waals surface area contributed by atoms with E-state index in [1.165, 1.54) is 0 Å². The van der Waals surface area contributed by atoms with Crippen LogP contribution in [0.5, 0.6) is 0 Å². The van der Waals surface area contributed by atoms with Gasteiger partial charge in [0.25, 0.3) is 0 Å². The largest absolute Gasteiger partial charge is 0.478 e. The highest BCUT2D eigenvalue weighted by Crippen LogP contribution is 2.32. The van der Waals surface area contributed by atoms with Gasteiger partial charge in [0.1, 0.15) is 5.82 Å². The van der Waals surface area contributed by atoms with E-state index in [1.54, 1.807) is 12.1 Å². The molecule has 20 heavy (non-hydrogen) atoms. The van der Waals surface area contributed by atoms with Gasteiger partial charge in [-0.1, -0.05) is 26.7 Å². The minimum Gasteiger partial charge on any atom is -0.478 e. The molecule has 1 aliphatic rings. The first-order valence-electron chi connectivity index (χ1n) is 7.10. The van der Waals surface area contributed by atoms with Crippen LogP contribution < -0.4 is 5.32 Å². The molecule has 1 fully saturated rings. The molecule has 0 amide bonds. The van der Waals surface area contributed by atoms with Gasteiger partial charge in [0.2, 0.25) is 0 Å². The van der Waals surface area contributed by atoms with E-state index >= 15 is 0 Å². The number of aliphatic hydroxyl groups excluding tert-OH is 1. The number of hydrogen-bond donors (Lipinski definition) is 3. The zero-order chi connectivity index (χ0) is 14.8. The van der Waals surface area contributed by atoms with Crippen LogP contribution >= 0.6 is 0 Å². The van der Waals surface area contributed by atoms with Crippen molar-refractivity contribution in [3.05, 3.63) is 23.4 Å². The van der Waals surface area contributed by atoms with Crippen molar-refractivity contribution in [2.75, 3.05) is 11.9 Å². The molecule has 110 valence electrons. The summed E-state index contributed by atoms with van der Waals surface area (Å²) in [6.45, 7) is 4.01. The van der Waals surface area contributed by atoms with Gasteiger partial charge in [0.05, 0.1) is 17.7 Å². The second kappa shape index (κ2) is 5.79. The van der Waals surface area contributed by atoms with Crippen LogP contribution in [0.3, 0.4) is 0 Å². The van der Waals surface area contributed by atoms with Crippen molar-refractivity contribution in [1.29, 1.82) is 0 Å². The number of nitrogens with zero attached hydrogens (tertiary/aromatic N) is 1. The fourth-order valence-electron chi connectivity index (χ4n) is 2.68. The van der Waals surface area contributed by atoms with Crippen LogP contribution in [0.15, 0.2) is 12.1 Å². The maximum absolute atomic E-state index is 11.2. The molecule has 0 spiro atoms. The smallest absolute Gasteiger partial charge is 0.335 e. The second-order valence-corrected chi connectivity index (χ2v) is 5.90. The number of aromatic nitrogens is 1. The third kappa shape index (κ3) is 3.10. The summed E-state index contributed by atoms with van der Waals surface area (Å²) in [5, 5.41) is 22.1. The number of aliphatic hydroxyl groups is 1. The molecule has 1 aliphatic carbocycles. The highest BCUT2D eigenvalue weighted by atomic mass is 16.4. The Morgan fingerprint density at radius 1 is 1.40 bits per heavy atom. The van der Waals surface area contributed by atoms with Crippen molar-refractivity contribution in [1.82, 2.24) is 4.98 Å². The molecule has 0 saturated heterocycles. The van der Waals surface area contributed by atoms with Gasteiger partial charge >= 0.3 is 5.97 Å². The molecule has 0 bridgehead atoms. The summed E-state index contributed by atoms with van der Waals surface area (Å²) in [7, 11) is 0. The van der Waals surface area contributed by atoms with Crippen molar-refractivity contribution < 1.29 is 15.0 Å². The predicted molar refractivity (Wildman–Crippen MR) is 77.2 cm³/mol. The van der Waals surface area contributed by atoms with Crippen LogP contribution in [0.2, 0.25) is 0 Å². The fraction of sp³-hybridized carbons (Fsp3) is 0.600. The summed E-state index contributed by atoms with van der Waals surface area (Å²) in [6.07, 6.45) is 3.92. The van der Waals surface area contributed by atoms with Crippen molar-refractivity contribution in [3.8, 4) is 0 Å². The Hall–Kier alpha value is -1.62. The molecule has 2 rings (SSSR count). The molecule has 5 heteroatoms. The molecular weight excluding hydrogens is 256 g/mol. The van der Waals surface area contributed by atoms with Crippen LogP contribution in [0.1, 0.15) is 61.5 Å². The van der Waals surface area contributed by atoms with Gasteiger partial charge in [-0.2, -0.15) is 0 Å². The molecule has 1 saturated carbocycles. The Morgan fingerprint density at radius 2 is 2.05 bits per heavy atom. The number of hydrogen-bond acceptors (Lipinski definition) is 4. The summed E-state index contributed by atoms with van der Waals surface area (Å²) in [5.41, 5.74) is 0.633. The van der Waals surface area contributed by atoms with E-state index in [9.17, 15) is 15.0 Å². The summed E-state index contributed by atoms with van der Waals surface area (Å²) in [6, 6.07) is 3.16. The Labute approximate surface area is 119 Å². The molecule has 0 radical (unpaired) electrons. The van der Waals surface area contributed by atoms with Crippen LogP contribution in [0.25, 0.3) is 0 Å². The fourth-order valence-corrected chi connectivity index (χ4v) is 2.68. The monoisotopic (exact) mass is 278 g/mol. The molecule has 3 N–H and O–H groups in total. The molecule has 0 atom stereocenters. The van der Waals surface area contributed by atoms with Crippen LogP contribution in [0.4, 0.5) is 5.82 Å². The molecular formula is C15H22N2O3. The maximum Gasteiger partial charge on any atom is 0.335 e. The van der Waals surface area contributed by atoms with Gasteiger partial charge in [-0.05, 0) is 30.9 Å². The number of carboxylic acids is 1. The minimum absolute atomic E-state index is 0.0446. The normalized spacial score (nSPS) is 17.4. The predicted octanol–water partition coefficient (Wildman–Crippen LogP) is 2.62. The number of carbonyl (C=O) groups is 1. The average molecular weight is 278 g/mol. The van der Waals surface area contributed by atoms with Gasteiger partial charge in [0, 0.05) is 5.69 Å². The number of pyridine rings is 1. The van der Waals surface area contributed by atoms with Crippen molar-refractivity contribution in [3.63, 3.8) is 0 Å². The Bertz CT molecular complexity index is 494. The standard InChI is InChI=1S/C15H22N2O3/c1-10(2)12-7-11(14(19)20)8-13(16-12)17-15(9-18)5-3-4-6-15/h7-8,10,18H,3-6,9H2,1-2H3,(H,16,17)(H,19,20). The average Bonchev–Trinajstić information content (AvgIpc) is 2.87. The molecule has 1 aromatic rings. The lowest BCUT2D eigenvalue weighted by molar-refractivity contribution is 0.0696. The SMILES string of the molecule is CC(C)c1cc(C(=O)O)cc(NC2(CO)CCCC2)n1. The lowest BCUT2D eigenvalue weighted by Crippen LogP contribution is -2.39.